The van der Waals surface area contributed by atoms with Crippen LogP contribution in [0.3, 0.4) is 0 Å². The Kier molecular flexibility index (Phi) is 13.0. The molecule has 0 saturated carbocycles. The van der Waals surface area contributed by atoms with Crippen LogP contribution in [0.2, 0.25) is 0 Å². The van der Waals surface area contributed by atoms with Gasteiger partial charge in [0.2, 0.25) is 0 Å². The van der Waals surface area contributed by atoms with Crippen molar-refractivity contribution in [1.82, 2.24) is 4.90 Å². The van der Waals surface area contributed by atoms with Gasteiger partial charge in [-0.2, -0.15) is 0 Å². The maximum Gasteiger partial charge on any atom is 0.0727 e. The standard InChI is InChI=1S/C13H28N2O2S/c1-3-16-11-9-15(10-12-17-4-2)8-6-5-7-13(14)18/h3-12H2,1-2H3,(H2,14,18). The van der Waals surface area contributed by atoms with E-state index in [0.717, 1.165) is 65.3 Å². The molecule has 0 spiro atoms. The van der Waals surface area contributed by atoms with Gasteiger partial charge in [0.15, 0.2) is 0 Å². The lowest BCUT2D eigenvalue weighted by molar-refractivity contribution is 0.0822. The van der Waals surface area contributed by atoms with Gasteiger partial charge in [0.05, 0.1) is 18.2 Å². The largest absolute Gasteiger partial charge is 0.393 e. The minimum atomic E-state index is 0.616. The third-order valence-corrected chi connectivity index (χ3v) is 2.86. The Labute approximate surface area is 117 Å². The van der Waals surface area contributed by atoms with Crippen LogP contribution in [0.25, 0.3) is 0 Å². The van der Waals surface area contributed by atoms with Crippen molar-refractivity contribution in [1.29, 1.82) is 0 Å². The minimum Gasteiger partial charge on any atom is -0.393 e. The average Bonchev–Trinajstić information content (AvgIpc) is 2.34. The Bertz CT molecular complexity index is 193. The Hall–Kier alpha value is -0.230. The van der Waals surface area contributed by atoms with E-state index in [1.54, 1.807) is 0 Å². The van der Waals surface area contributed by atoms with Gasteiger partial charge in [-0.05, 0) is 39.7 Å². The molecule has 0 aromatic heterocycles. The fourth-order valence-electron chi connectivity index (χ4n) is 1.65. The molecule has 0 fully saturated rings. The molecule has 2 N–H and O–H groups in total. The molecule has 18 heavy (non-hydrogen) atoms. The number of nitrogens with two attached hydrogens (primary N) is 1. The molecule has 0 amide bonds. The van der Waals surface area contributed by atoms with Crippen molar-refractivity contribution in [2.45, 2.75) is 33.1 Å². The zero-order chi connectivity index (χ0) is 13.6. The highest BCUT2D eigenvalue weighted by Crippen LogP contribution is 2.00. The van der Waals surface area contributed by atoms with Crippen LogP contribution in [0.15, 0.2) is 0 Å². The summed E-state index contributed by atoms with van der Waals surface area (Å²) in [5.41, 5.74) is 5.48. The molecular weight excluding hydrogens is 248 g/mol. The predicted octanol–water partition coefficient (Wildman–Crippen LogP) is 1.82. The Morgan fingerprint density at radius 1 is 1.00 bits per heavy atom. The van der Waals surface area contributed by atoms with Crippen LogP contribution in [0.5, 0.6) is 0 Å². The molecule has 0 radical (unpaired) electrons. The SMILES string of the molecule is CCOCCN(CCCCC(N)=S)CCOCC. The lowest BCUT2D eigenvalue weighted by atomic mass is 10.2. The van der Waals surface area contributed by atoms with Gasteiger partial charge in [-0.3, -0.25) is 4.90 Å². The van der Waals surface area contributed by atoms with E-state index in [1.807, 2.05) is 13.8 Å². The number of rotatable bonds is 13. The molecule has 0 atom stereocenters. The number of ether oxygens (including phenoxy) is 2. The Balaban J connectivity index is 3.69. The smallest absolute Gasteiger partial charge is 0.0727 e. The van der Waals surface area contributed by atoms with Crippen molar-refractivity contribution in [3.8, 4) is 0 Å². The van der Waals surface area contributed by atoms with Gasteiger partial charge in [0.25, 0.3) is 0 Å². The molecule has 0 aliphatic carbocycles. The first kappa shape index (κ1) is 17.8. The highest BCUT2D eigenvalue weighted by atomic mass is 32.1. The zero-order valence-electron chi connectivity index (χ0n) is 11.8. The number of thiocarbonyl (C=S) groups is 1. The molecular formula is C13H28N2O2S. The highest BCUT2D eigenvalue weighted by Gasteiger charge is 2.04. The van der Waals surface area contributed by atoms with Crippen LogP contribution in [0.4, 0.5) is 0 Å². The summed E-state index contributed by atoms with van der Waals surface area (Å²) in [5.74, 6) is 0. The molecule has 108 valence electrons. The highest BCUT2D eigenvalue weighted by molar-refractivity contribution is 7.80. The van der Waals surface area contributed by atoms with Gasteiger partial charge in [-0.25, -0.2) is 0 Å². The average molecular weight is 276 g/mol. The molecule has 0 bridgehead atoms. The van der Waals surface area contributed by atoms with Crippen LogP contribution in [-0.2, 0) is 9.47 Å². The van der Waals surface area contributed by atoms with Crippen molar-refractivity contribution in [3.05, 3.63) is 0 Å². The quantitative estimate of drug-likeness (QED) is 0.411. The van der Waals surface area contributed by atoms with Gasteiger partial charge in [-0.15, -0.1) is 0 Å². The van der Waals surface area contributed by atoms with E-state index in [4.69, 9.17) is 27.4 Å². The van der Waals surface area contributed by atoms with Gasteiger partial charge in [0, 0.05) is 26.3 Å². The summed E-state index contributed by atoms with van der Waals surface area (Å²) in [4.78, 5) is 3.00. The van der Waals surface area contributed by atoms with E-state index in [2.05, 4.69) is 4.90 Å². The molecule has 0 saturated heterocycles. The van der Waals surface area contributed by atoms with Crippen molar-refractivity contribution in [3.63, 3.8) is 0 Å². The lowest BCUT2D eigenvalue weighted by Gasteiger charge is -2.21. The molecule has 0 rings (SSSR count). The minimum absolute atomic E-state index is 0.616. The lowest BCUT2D eigenvalue weighted by Crippen LogP contribution is -2.32. The summed E-state index contributed by atoms with van der Waals surface area (Å²) in [6.07, 6.45) is 3.03. The maximum atomic E-state index is 5.48. The number of hydrogen-bond donors (Lipinski definition) is 1. The third kappa shape index (κ3) is 12.2. The number of nitrogens with zero attached hydrogens (tertiary/aromatic N) is 1. The fourth-order valence-corrected chi connectivity index (χ4v) is 1.79. The van der Waals surface area contributed by atoms with Gasteiger partial charge >= 0.3 is 0 Å². The summed E-state index contributed by atoms with van der Waals surface area (Å²) in [7, 11) is 0. The van der Waals surface area contributed by atoms with E-state index < -0.39 is 0 Å². The van der Waals surface area contributed by atoms with E-state index >= 15 is 0 Å². The van der Waals surface area contributed by atoms with Gasteiger partial charge in [-0.1, -0.05) is 12.2 Å². The predicted molar refractivity (Wildman–Crippen MR) is 80.1 cm³/mol. The maximum absolute atomic E-state index is 5.48. The van der Waals surface area contributed by atoms with Crippen LogP contribution in [0.1, 0.15) is 33.1 Å². The van der Waals surface area contributed by atoms with Crippen molar-refractivity contribution in [2.24, 2.45) is 5.73 Å². The fraction of sp³-hybridized carbons (Fsp3) is 0.923. The third-order valence-electron chi connectivity index (χ3n) is 2.66. The zero-order valence-corrected chi connectivity index (χ0v) is 12.6. The Morgan fingerprint density at radius 3 is 2.00 bits per heavy atom. The van der Waals surface area contributed by atoms with E-state index in [-0.39, 0.29) is 0 Å². The molecule has 0 heterocycles. The van der Waals surface area contributed by atoms with Crippen LogP contribution in [0, 0.1) is 0 Å². The summed E-state index contributed by atoms with van der Waals surface area (Å²) < 4.78 is 10.8. The van der Waals surface area contributed by atoms with Crippen molar-refractivity contribution < 1.29 is 9.47 Å². The molecule has 5 heteroatoms. The molecule has 4 nitrogen and oxygen atoms in total. The second-order valence-electron chi connectivity index (χ2n) is 4.16. The molecule has 0 aliphatic rings. The summed E-state index contributed by atoms with van der Waals surface area (Å²) in [6.45, 7) is 10.2. The first-order chi connectivity index (χ1) is 8.70. The molecule has 0 aromatic carbocycles. The van der Waals surface area contributed by atoms with Crippen LogP contribution in [-0.4, -0.2) is 56.0 Å². The normalized spacial score (nSPS) is 11.1. The monoisotopic (exact) mass is 276 g/mol. The second kappa shape index (κ2) is 13.2. The molecule has 0 aromatic rings. The summed E-state index contributed by atoms with van der Waals surface area (Å²) in [6, 6.07) is 0. The van der Waals surface area contributed by atoms with Crippen LogP contribution >= 0.6 is 12.2 Å². The van der Waals surface area contributed by atoms with Crippen molar-refractivity contribution >= 4 is 17.2 Å². The van der Waals surface area contributed by atoms with Crippen molar-refractivity contribution in [2.75, 3.05) is 46.1 Å². The van der Waals surface area contributed by atoms with Crippen LogP contribution < -0.4 is 5.73 Å². The van der Waals surface area contributed by atoms with E-state index in [9.17, 15) is 0 Å². The topological polar surface area (TPSA) is 47.7 Å². The number of hydrogen-bond acceptors (Lipinski definition) is 4. The number of unbranched alkanes of at least 4 members (excludes halogenated alkanes) is 1. The molecule has 0 unspecified atom stereocenters. The van der Waals surface area contributed by atoms with Gasteiger partial charge < -0.3 is 15.2 Å². The Morgan fingerprint density at radius 2 is 1.56 bits per heavy atom. The van der Waals surface area contributed by atoms with E-state index in [1.165, 1.54) is 0 Å². The van der Waals surface area contributed by atoms with Gasteiger partial charge in [0.1, 0.15) is 0 Å². The summed E-state index contributed by atoms with van der Waals surface area (Å²) in [5, 5.41) is 0. The first-order valence-electron chi connectivity index (χ1n) is 6.86. The molecule has 0 aliphatic heterocycles. The summed E-state index contributed by atoms with van der Waals surface area (Å²) >= 11 is 4.87. The first-order valence-corrected chi connectivity index (χ1v) is 7.27. The second-order valence-corrected chi connectivity index (χ2v) is 4.68. The van der Waals surface area contributed by atoms with E-state index in [0.29, 0.717) is 4.99 Å².